The Morgan fingerprint density at radius 1 is 0.958 bits per heavy atom. The summed E-state index contributed by atoms with van der Waals surface area (Å²) in [7, 11) is 2.18. The van der Waals surface area contributed by atoms with Gasteiger partial charge in [0.1, 0.15) is 12.2 Å². The highest BCUT2D eigenvalue weighted by molar-refractivity contribution is 5.90. The number of piperazine rings is 1. The fourth-order valence-corrected chi connectivity index (χ4v) is 3.49. The van der Waals surface area contributed by atoms with Crippen LogP contribution in [0.1, 0.15) is 18.8 Å². The Bertz CT molecular complexity index is 827. The van der Waals surface area contributed by atoms with Crippen LogP contribution in [0, 0.1) is 0 Å². The molecule has 0 saturated carbocycles. The van der Waals surface area contributed by atoms with Gasteiger partial charge in [0.25, 0.3) is 0 Å². The molecule has 124 valence electrons. The molecule has 5 nitrogen and oxygen atoms in total. The minimum Gasteiger partial charge on any atom is -0.304 e. The molecule has 1 saturated heterocycles. The average Bonchev–Trinajstić information content (AvgIpc) is 3.11. The second kappa shape index (κ2) is 6.34. The van der Waals surface area contributed by atoms with Gasteiger partial charge in [-0.25, -0.2) is 9.67 Å². The van der Waals surface area contributed by atoms with Crippen molar-refractivity contribution in [2.45, 2.75) is 13.0 Å². The minimum absolute atomic E-state index is 0.250. The quantitative estimate of drug-likeness (QED) is 0.743. The van der Waals surface area contributed by atoms with Gasteiger partial charge in [0.2, 0.25) is 0 Å². The van der Waals surface area contributed by atoms with Gasteiger partial charge >= 0.3 is 0 Å². The van der Waals surface area contributed by atoms with E-state index in [1.807, 2.05) is 4.68 Å². The number of benzene rings is 2. The van der Waals surface area contributed by atoms with E-state index in [1.54, 1.807) is 6.33 Å². The molecule has 5 heteroatoms. The summed E-state index contributed by atoms with van der Waals surface area (Å²) in [6.07, 6.45) is 1.67. The van der Waals surface area contributed by atoms with E-state index in [0.29, 0.717) is 0 Å². The maximum Gasteiger partial charge on any atom is 0.149 e. The summed E-state index contributed by atoms with van der Waals surface area (Å²) in [5.41, 5.74) is 1.10. The van der Waals surface area contributed by atoms with Crippen molar-refractivity contribution in [3.63, 3.8) is 0 Å². The predicted octanol–water partition coefficient (Wildman–Crippen LogP) is 2.73. The van der Waals surface area contributed by atoms with Gasteiger partial charge < -0.3 is 4.90 Å². The molecule has 0 radical (unpaired) electrons. The second-order valence-electron chi connectivity index (χ2n) is 6.54. The smallest absolute Gasteiger partial charge is 0.149 e. The molecule has 2 heterocycles. The van der Waals surface area contributed by atoms with Gasteiger partial charge in [-0.3, -0.25) is 4.90 Å². The van der Waals surface area contributed by atoms with Crippen molar-refractivity contribution in [2.24, 2.45) is 0 Å². The van der Waals surface area contributed by atoms with E-state index >= 15 is 0 Å². The molecule has 1 aromatic heterocycles. The van der Waals surface area contributed by atoms with Crippen LogP contribution in [0.3, 0.4) is 0 Å². The van der Waals surface area contributed by atoms with Gasteiger partial charge in [-0.05, 0) is 25.4 Å². The zero-order valence-electron chi connectivity index (χ0n) is 14.3. The van der Waals surface area contributed by atoms with Crippen molar-refractivity contribution in [3.05, 3.63) is 54.6 Å². The lowest BCUT2D eigenvalue weighted by atomic mass is 10.1. The number of likely N-dealkylation sites (N-methyl/N-ethyl adjacent to an activating group) is 1. The summed E-state index contributed by atoms with van der Waals surface area (Å²) in [4.78, 5) is 9.46. The molecule has 1 fully saturated rings. The van der Waals surface area contributed by atoms with Crippen LogP contribution >= 0.6 is 0 Å². The molecule has 0 spiro atoms. The molecule has 0 bridgehead atoms. The highest BCUT2D eigenvalue weighted by atomic mass is 15.4. The molecule has 4 rings (SSSR count). The van der Waals surface area contributed by atoms with Gasteiger partial charge in [-0.2, -0.15) is 5.10 Å². The molecule has 0 amide bonds. The van der Waals surface area contributed by atoms with Gasteiger partial charge in [-0.1, -0.05) is 36.4 Å². The van der Waals surface area contributed by atoms with E-state index < -0.39 is 0 Å². The molecule has 0 aliphatic carbocycles. The van der Waals surface area contributed by atoms with Crippen LogP contribution in [0.4, 0.5) is 0 Å². The van der Waals surface area contributed by atoms with Crippen molar-refractivity contribution in [1.82, 2.24) is 24.6 Å². The topological polar surface area (TPSA) is 37.2 Å². The summed E-state index contributed by atoms with van der Waals surface area (Å²) in [6.45, 7) is 6.58. The molecule has 1 unspecified atom stereocenters. The van der Waals surface area contributed by atoms with E-state index in [1.165, 1.54) is 10.8 Å². The molecule has 0 N–H and O–H groups in total. The number of hydrogen-bond donors (Lipinski definition) is 0. The lowest BCUT2D eigenvalue weighted by Gasteiger charge is -2.36. The van der Waals surface area contributed by atoms with Crippen LogP contribution < -0.4 is 0 Å². The van der Waals surface area contributed by atoms with Crippen LogP contribution in [0.5, 0.6) is 0 Å². The highest BCUT2D eigenvalue weighted by Gasteiger charge is 2.24. The minimum atomic E-state index is 0.250. The van der Waals surface area contributed by atoms with Gasteiger partial charge in [0.05, 0.1) is 11.7 Å². The van der Waals surface area contributed by atoms with Crippen LogP contribution in [-0.2, 0) is 0 Å². The zero-order chi connectivity index (χ0) is 16.5. The van der Waals surface area contributed by atoms with Crippen molar-refractivity contribution in [1.29, 1.82) is 0 Å². The predicted molar refractivity (Wildman–Crippen MR) is 96.4 cm³/mol. The van der Waals surface area contributed by atoms with E-state index in [-0.39, 0.29) is 6.04 Å². The molecule has 3 aromatic rings. The fraction of sp³-hybridized carbons (Fsp3) is 0.368. The largest absolute Gasteiger partial charge is 0.304 e. The molecular weight excluding hydrogens is 298 g/mol. The molecule has 24 heavy (non-hydrogen) atoms. The lowest BCUT2D eigenvalue weighted by Crippen LogP contribution is -2.45. The first-order valence-electron chi connectivity index (χ1n) is 8.54. The van der Waals surface area contributed by atoms with Crippen molar-refractivity contribution in [3.8, 4) is 5.69 Å². The Morgan fingerprint density at radius 2 is 1.71 bits per heavy atom. The molecule has 1 aliphatic heterocycles. The molecule has 2 aromatic carbocycles. The number of nitrogens with zero attached hydrogens (tertiary/aromatic N) is 5. The normalized spacial score (nSPS) is 18.1. The van der Waals surface area contributed by atoms with E-state index in [9.17, 15) is 0 Å². The first kappa shape index (κ1) is 15.3. The third-order valence-electron chi connectivity index (χ3n) is 5.03. The third-order valence-corrected chi connectivity index (χ3v) is 5.03. The summed E-state index contributed by atoms with van der Waals surface area (Å²) >= 11 is 0. The maximum atomic E-state index is 4.59. The van der Waals surface area contributed by atoms with Crippen molar-refractivity contribution >= 4 is 10.8 Å². The van der Waals surface area contributed by atoms with Gasteiger partial charge in [0.15, 0.2) is 0 Å². The Balaban J connectivity index is 1.72. The Hall–Kier alpha value is -2.24. The number of fused-ring (bicyclic) bond motifs is 1. The Labute approximate surface area is 142 Å². The molecule has 1 aliphatic rings. The van der Waals surface area contributed by atoms with Crippen molar-refractivity contribution < 1.29 is 0 Å². The summed E-state index contributed by atoms with van der Waals surface area (Å²) in [6, 6.07) is 15.0. The lowest BCUT2D eigenvalue weighted by molar-refractivity contribution is 0.114. The standard InChI is InChI=1S/C19H23N5/c1-15(23-12-10-22(2)11-13-23)19-20-14-21-24(19)18-9-5-7-16-6-3-4-8-17(16)18/h3-9,14-15H,10-13H2,1-2H3. The molecular formula is C19H23N5. The fourth-order valence-electron chi connectivity index (χ4n) is 3.49. The van der Waals surface area contributed by atoms with Crippen LogP contribution in [0.15, 0.2) is 48.8 Å². The van der Waals surface area contributed by atoms with Gasteiger partial charge in [0, 0.05) is 31.6 Å². The van der Waals surface area contributed by atoms with E-state index in [2.05, 4.69) is 76.3 Å². The number of hydrogen-bond acceptors (Lipinski definition) is 4. The SMILES string of the molecule is CC(c1ncnn1-c1cccc2ccccc12)N1CCN(C)CC1. The first-order valence-corrected chi connectivity index (χ1v) is 8.54. The highest BCUT2D eigenvalue weighted by Crippen LogP contribution is 2.26. The van der Waals surface area contributed by atoms with Crippen LogP contribution in [-0.4, -0.2) is 57.8 Å². The van der Waals surface area contributed by atoms with E-state index in [4.69, 9.17) is 0 Å². The zero-order valence-corrected chi connectivity index (χ0v) is 14.3. The summed E-state index contributed by atoms with van der Waals surface area (Å²) in [5.74, 6) is 1.01. The van der Waals surface area contributed by atoms with Gasteiger partial charge in [-0.15, -0.1) is 0 Å². The Morgan fingerprint density at radius 3 is 2.54 bits per heavy atom. The summed E-state index contributed by atoms with van der Waals surface area (Å²) < 4.78 is 2.01. The third kappa shape index (κ3) is 2.70. The van der Waals surface area contributed by atoms with Crippen LogP contribution in [0.25, 0.3) is 16.5 Å². The Kier molecular flexibility index (Phi) is 4.04. The average molecular weight is 321 g/mol. The van der Waals surface area contributed by atoms with Crippen molar-refractivity contribution in [2.75, 3.05) is 33.2 Å². The second-order valence-corrected chi connectivity index (χ2v) is 6.54. The first-order chi connectivity index (χ1) is 11.7. The maximum absolute atomic E-state index is 4.59. The van der Waals surface area contributed by atoms with Crippen LogP contribution in [0.2, 0.25) is 0 Å². The summed E-state index contributed by atoms with van der Waals surface area (Å²) in [5, 5.41) is 6.97. The number of aromatic nitrogens is 3. The monoisotopic (exact) mass is 321 g/mol. The number of rotatable bonds is 3. The molecule has 1 atom stereocenters. The van der Waals surface area contributed by atoms with E-state index in [0.717, 1.165) is 37.7 Å².